The summed E-state index contributed by atoms with van der Waals surface area (Å²) < 4.78 is 18.9. The third-order valence-electron chi connectivity index (χ3n) is 6.79. The minimum atomic E-state index is -0.983. The van der Waals surface area contributed by atoms with Crippen molar-refractivity contribution in [1.29, 1.82) is 0 Å². The molecular weight excluding hydrogens is 483 g/mol. The Hall–Kier alpha value is -4.53. The van der Waals surface area contributed by atoms with Gasteiger partial charge in [0.15, 0.2) is 5.69 Å². The van der Waals surface area contributed by atoms with Crippen molar-refractivity contribution < 1.29 is 13.9 Å². The number of amides is 1. The quantitative estimate of drug-likeness (QED) is 0.339. The van der Waals surface area contributed by atoms with Crippen LogP contribution in [-0.2, 0) is 0 Å². The van der Waals surface area contributed by atoms with Crippen LogP contribution in [0.2, 0.25) is 0 Å². The number of halogens is 1. The molecule has 1 amide bonds. The summed E-state index contributed by atoms with van der Waals surface area (Å²) in [5.74, 6) is 0.543. The summed E-state index contributed by atoms with van der Waals surface area (Å²) in [5.41, 5.74) is 4.64. The molecule has 1 aliphatic carbocycles. The van der Waals surface area contributed by atoms with Crippen LogP contribution in [0.4, 0.5) is 15.8 Å². The third-order valence-corrected chi connectivity index (χ3v) is 6.79. The molecule has 1 aromatic carbocycles. The van der Waals surface area contributed by atoms with E-state index in [-0.39, 0.29) is 12.3 Å². The topological polar surface area (TPSA) is 96.0 Å². The fourth-order valence-corrected chi connectivity index (χ4v) is 4.75. The first-order valence-corrected chi connectivity index (χ1v) is 12.8. The van der Waals surface area contributed by atoms with E-state index in [2.05, 4.69) is 36.4 Å². The second-order valence-electron chi connectivity index (χ2n) is 9.47. The van der Waals surface area contributed by atoms with Crippen LogP contribution in [0, 0.1) is 0 Å². The standard InChI is InChI=1S/C29H27FN6O2/c30-21-5-8-24(9-6-21)38-27-11-7-22(17-32-27)33-29(37)28-25-15-19(4-10-26(25)34-35-28)20-14-23(18-31-16-20)36-12-2-1-3-13-36/h4-5,7-11,14-18,21H,1-3,6,12-13H2,(H,33,37)(H,34,35). The second kappa shape index (κ2) is 10.5. The average molecular weight is 511 g/mol. The number of aromatic nitrogens is 4. The molecule has 38 heavy (non-hydrogen) atoms. The molecule has 0 saturated carbocycles. The van der Waals surface area contributed by atoms with Gasteiger partial charge in [0.05, 0.1) is 29.3 Å². The van der Waals surface area contributed by atoms with E-state index < -0.39 is 6.17 Å². The summed E-state index contributed by atoms with van der Waals surface area (Å²) in [6.45, 7) is 2.10. The Kier molecular flexibility index (Phi) is 6.56. The number of H-pyrrole nitrogens is 1. The molecule has 1 aliphatic heterocycles. The molecule has 1 fully saturated rings. The molecule has 3 aromatic heterocycles. The zero-order chi connectivity index (χ0) is 25.9. The summed E-state index contributed by atoms with van der Waals surface area (Å²) in [6.07, 6.45) is 13.0. The van der Waals surface area contributed by atoms with Gasteiger partial charge in [0, 0.05) is 42.7 Å². The van der Waals surface area contributed by atoms with Crippen LogP contribution in [0.1, 0.15) is 36.2 Å². The normalized spacial score (nSPS) is 17.3. The number of nitrogens with zero attached hydrogens (tertiary/aromatic N) is 4. The third kappa shape index (κ3) is 5.13. The molecule has 4 aromatic rings. The number of alkyl halides is 1. The van der Waals surface area contributed by atoms with Crippen LogP contribution in [0.5, 0.6) is 5.88 Å². The van der Waals surface area contributed by atoms with E-state index in [4.69, 9.17) is 4.74 Å². The number of aromatic amines is 1. The fraction of sp³-hybridized carbons (Fsp3) is 0.241. The van der Waals surface area contributed by atoms with Gasteiger partial charge >= 0.3 is 0 Å². The number of hydrogen-bond acceptors (Lipinski definition) is 6. The van der Waals surface area contributed by atoms with Crippen molar-refractivity contribution in [2.75, 3.05) is 23.3 Å². The lowest BCUT2D eigenvalue weighted by molar-refractivity contribution is 0.102. The molecule has 9 heteroatoms. The molecule has 2 aliphatic rings. The lowest BCUT2D eigenvalue weighted by Crippen LogP contribution is -2.29. The highest BCUT2D eigenvalue weighted by Gasteiger charge is 2.17. The highest BCUT2D eigenvalue weighted by molar-refractivity contribution is 6.11. The maximum absolute atomic E-state index is 13.2. The maximum atomic E-state index is 13.2. The highest BCUT2D eigenvalue weighted by Crippen LogP contribution is 2.29. The summed E-state index contributed by atoms with van der Waals surface area (Å²) in [7, 11) is 0. The van der Waals surface area contributed by atoms with E-state index in [1.54, 1.807) is 24.3 Å². The van der Waals surface area contributed by atoms with Gasteiger partial charge in [-0.1, -0.05) is 6.07 Å². The first-order chi connectivity index (χ1) is 18.6. The first kappa shape index (κ1) is 23.8. The SMILES string of the molecule is O=C(Nc1ccc(OC2=CCC(F)C=C2)nc1)c1n[nH]c2ccc(-c3cncc(N4CCCCC4)c3)cc12. The van der Waals surface area contributed by atoms with Gasteiger partial charge in [-0.3, -0.25) is 14.9 Å². The molecule has 1 unspecified atom stereocenters. The number of nitrogens with one attached hydrogen (secondary N) is 2. The minimum absolute atomic E-state index is 0.277. The number of piperidine rings is 1. The predicted octanol–water partition coefficient (Wildman–Crippen LogP) is 5.82. The number of rotatable bonds is 6. The highest BCUT2D eigenvalue weighted by atomic mass is 19.1. The molecule has 0 radical (unpaired) electrons. The van der Waals surface area contributed by atoms with Crippen molar-refractivity contribution >= 4 is 28.2 Å². The molecule has 6 rings (SSSR count). The lowest BCUT2D eigenvalue weighted by Gasteiger charge is -2.28. The largest absolute Gasteiger partial charge is 0.439 e. The van der Waals surface area contributed by atoms with E-state index in [0.717, 1.165) is 40.8 Å². The number of carbonyl (C=O) groups is 1. The van der Waals surface area contributed by atoms with E-state index in [9.17, 15) is 9.18 Å². The monoisotopic (exact) mass is 510 g/mol. The Bertz CT molecular complexity index is 1520. The fourth-order valence-electron chi connectivity index (χ4n) is 4.75. The van der Waals surface area contributed by atoms with Crippen molar-refractivity contribution in [3.63, 3.8) is 0 Å². The van der Waals surface area contributed by atoms with Gasteiger partial charge in [-0.25, -0.2) is 9.37 Å². The van der Waals surface area contributed by atoms with E-state index in [1.807, 2.05) is 30.6 Å². The number of benzene rings is 1. The molecule has 1 saturated heterocycles. The van der Waals surface area contributed by atoms with Gasteiger partial charge in [-0.2, -0.15) is 5.10 Å². The smallest absolute Gasteiger partial charge is 0.276 e. The summed E-state index contributed by atoms with van der Waals surface area (Å²) in [6, 6.07) is 11.4. The number of pyridine rings is 2. The molecule has 0 bridgehead atoms. The van der Waals surface area contributed by atoms with Crippen molar-refractivity contribution in [3.05, 3.63) is 84.7 Å². The minimum Gasteiger partial charge on any atom is -0.439 e. The van der Waals surface area contributed by atoms with Crippen LogP contribution < -0.4 is 15.0 Å². The predicted molar refractivity (Wildman–Crippen MR) is 145 cm³/mol. The number of ether oxygens (including phenoxy) is 1. The maximum Gasteiger partial charge on any atom is 0.276 e. The van der Waals surface area contributed by atoms with Gasteiger partial charge in [-0.05, 0) is 67.3 Å². The number of allylic oxidation sites excluding steroid dienone is 3. The van der Waals surface area contributed by atoms with Gasteiger partial charge in [0.1, 0.15) is 11.9 Å². The Morgan fingerprint density at radius 2 is 1.95 bits per heavy atom. The van der Waals surface area contributed by atoms with Crippen molar-refractivity contribution in [1.82, 2.24) is 20.2 Å². The Morgan fingerprint density at radius 1 is 1.05 bits per heavy atom. The van der Waals surface area contributed by atoms with Gasteiger partial charge in [-0.15, -0.1) is 0 Å². The summed E-state index contributed by atoms with van der Waals surface area (Å²) >= 11 is 0. The second-order valence-corrected chi connectivity index (χ2v) is 9.47. The number of fused-ring (bicyclic) bond motifs is 1. The number of anilines is 2. The molecule has 8 nitrogen and oxygen atoms in total. The van der Waals surface area contributed by atoms with Crippen LogP contribution in [-0.4, -0.2) is 45.3 Å². The molecule has 4 heterocycles. The van der Waals surface area contributed by atoms with E-state index in [0.29, 0.717) is 23.0 Å². The van der Waals surface area contributed by atoms with Gasteiger partial charge in [0.25, 0.3) is 5.91 Å². The molecule has 192 valence electrons. The van der Waals surface area contributed by atoms with Crippen LogP contribution in [0.3, 0.4) is 0 Å². The Labute approximate surface area is 219 Å². The number of carbonyl (C=O) groups excluding carboxylic acids is 1. The molecule has 2 N–H and O–H groups in total. The average Bonchev–Trinajstić information content (AvgIpc) is 3.39. The van der Waals surface area contributed by atoms with Crippen LogP contribution >= 0.6 is 0 Å². The molecular formula is C29H27FN6O2. The van der Waals surface area contributed by atoms with E-state index >= 15 is 0 Å². The van der Waals surface area contributed by atoms with E-state index in [1.165, 1.54) is 31.5 Å². The van der Waals surface area contributed by atoms with Crippen molar-refractivity contribution in [3.8, 4) is 17.0 Å². The Balaban J connectivity index is 1.18. The van der Waals surface area contributed by atoms with Crippen molar-refractivity contribution in [2.45, 2.75) is 31.9 Å². The lowest BCUT2D eigenvalue weighted by atomic mass is 10.0. The molecule has 0 spiro atoms. The Morgan fingerprint density at radius 3 is 2.74 bits per heavy atom. The van der Waals surface area contributed by atoms with Gasteiger partial charge in [0.2, 0.25) is 5.88 Å². The van der Waals surface area contributed by atoms with Crippen molar-refractivity contribution in [2.24, 2.45) is 0 Å². The summed E-state index contributed by atoms with van der Waals surface area (Å²) in [4.78, 5) is 24.2. The van der Waals surface area contributed by atoms with Crippen LogP contribution in [0.15, 0.2) is 79.0 Å². The first-order valence-electron chi connectivity index (χ1n) is 12.8. The molecule has 1 atom stereocenters. The number of hydrogen-bond donors (Lipinski definition) is 2. The van der Waals surface area contributed by atoms with Gasteiger partial charge < -0.3 is 15.0 Å². The van der Waals surface area contributed by atoms with Crippen LogP contribution in [0.25, 0.3) is 22.0 Å². The zero-order valence-electron chi connectivity index (χ0n) is 20.7. The summed E-state index contributed by atoms with van der Waals surface area (Å²) in [5, 5.41) is 10.8. The zero-order valence-corrected chi connectivity index (χ0v) is 20.7.